The Morgan fingerprint density at radius 3 is 2.57 bits per heavy atom. The molecule has 0 saturated carbocycles. The number of nitrogens with one attached hydrogen (secondary N) is 1. The summed E-state index contributed by atoms with van der Waals surface area (Å²) >= 11 is 1.31. The zero-order chi connectivity index (χ0) is 10.8. The highest BCUT2D eigenvalue weighted by molar-refractivity contribution is 7.19. The number of hydrogen-bond donors (Lipinski definition) is 2. The van der Waals surface area contributed by atoms with Gasteiger partial charge in [-0.15, -0.1) is 11.3 Å². The lowest BCUT2D eigenvalue weighted by Crippen LogP contribution is -2.26. The number of rotatable bonds is 1. The van der Waals surface area contributed by atoms with Gasteiger partial charge in [-0.25, -0.2) is 4.79 Å². The standard InChI is InChI=1S/C9H14N2O2S/c1-9(2,3)13-8(12)11-7-5-4-6(10)14-7/h4-5H,10H2,1-3H3,(H,11,12). The van der Waals surface area contributed by atoms with Crippen LogP contribution in [0.2, 0.25) is 0 Å². The van der Waals surface area contributed by atoms with Crippen molar-refractivity contribution in [1.82, 2.24) is 0 Å². The van der Waals surface area contributed by atoms with Crippen LogP contribution in [0.5, 0.6) is 0 Å². The second kappa shape index (κ2) is 3.88. The molecule has 1 aromatic rings. The molecule has 0 unspecified atom stereocenters. The van der Waals surface area contributed by atoms with E-state index in [0.717, 1.165) is 0 Å². The van der Waals surface area contributed by atoms with Crippen molar-refractivity contribution in [1.29, 1.82) is 0 Å². The fourth-order valence-electron chi connectivity index (χ4n) is 0.824. The van der Waals surface area contributed by atoms with Gasteiger partial charge in [-0.3, -0.25) is 5.32 Å². The van der Waals surface area contributed by atoms with Crippen molar-refractivity contribution in [3.63, 3.8) is 0 Å². The van der Waals surface area contributed by atoms with Gasteiger partial charge in [-0.1, -0.05) is 0 Å². The zero-order valence-electron chi connectivity index (χ0n) is 8.46. The Hall–Kier alpha value is -1.23. The van der Waals surface area contributed by atoms with Crippen LogP contribution < -0.4 is 11.1 Å². The van der Waals surface area contributed by atoms with Gasteiger partial charge in [0, 0.05) is 0 Å². The first-order valence-electron chi connectivity index (χ1n) is 4.22. The van der Waals surface area contributed by atoms with E-state index < -0.39 is 11.7 Å². The van der Waals surface area contributed by atoms with E-state index in [2.05, 4.69) is 5.32 Å². The normalized spacial score (nSPS) is 11.1. The molecular weight excluding hydrogens is 200 g/mol. The number of carbonyl (C=O) groups excluding carboxylic acids is 1. The number of carbonyl (C=O) groups is 1. The fourth-order valence-corrected chi connectivity index (χ4v) is 1.48. The molecule has 0 aromatic carbocycles. The maximum atomic E-state index is 11.3. The van der Waals surface area contributed by atoms with Crippen molar-refractivity contribution in [2.75, 3.05) is 11.1 Å². The van der Waals surface area contributed by atoms with Crippen LogP contribution in [0.15, 0.2) is 12.1 Å². The van der Waals surface area contributed by atoms with Crippen molar-refractivity contribution in [2.45, 2.75) is 26.4 Å². The summed E-state index contributed by atoms with van der Waals surface area (Å²) in [6.45, 7) is 5.44. The van der Waals surface area contributed by atoms with Gasteiger partial charge >= 0.3 is 6.09 Å². The van der Waals surface area contributed by atoms with Crippen LogP contribution >= 0.6 is 11.3 Å². The summed E-state index contributed by atoms with van der Waals surface area (Å²) < 4.78 is 5.07. The summed E-state index contributed by atoms with van der Waals surface area (Å²) in [6, 6.07) is 3.47. The molecule has 14 heavy (non-hydrogen) atoms. The third-order valence-corrected chi connectivity index (χ3v) is 2.08. The highest BCUT2D eigenvalue weighted by Crippen LogP contribution is 2.23. The van der Waals surface area contributed by atoms with Gasteiger partial charge in [-0.2, -0.15) is 0 Å². The van der Waals surface area contributed by atoms with Crippen molar-refractivity contribution in [3.8, 4) is 0 Å². The molecule has 0 radical (unpaired) electrons. The lowest BCUT2D eigenvalue weighted by Gasteiger charge is -2.19. The Morgan fingerprint density at radius 2 is 2.14 bits per heavy atom. The molecule has 0 atom stereocenters. The van der Waals surface area contributed by atoms with E-state index in [1.807, 2.05) is 20.8 Å². The molecule has 0 aliphatic carbocycles. The van der Waals surface area contributed by atoms with Gasteiger partial charge in [0.05, 0.1) is 10.0 Å². The summed E-state index contributed by atoms with van der Waals surface area (Å²) in [5.41, 5.74) is 5.03. The Kier molecular flexibility index (Phi) is 3.00. The highest BCUT2D eigenvalue weighted by Gasteiger charge is 2.16. The molecular formula is C9H14N2O2S. The van der Waals surface area contributed by atoms with Gasteiger partial charge in [-0.05, 0) is 32.9 Å². The van der Waals surface area contributed by atoms with Crippen LogP contribution in [0, 0.1) is 0 Å². The number of amides is 1. The molecule has 5 heteroatoms. The minimum Gasteiger partial charge on any atom is -0.444 e. The number of hydrogen-bond acceptors (Lipinski definition) is 4. The van der Waals surface area contributed by atoms with Crippen LogP contribution in [0.25, 0.3) is 0 Å². The summed E-state index contributed by atoms with van der Waals surface area (Å²) in [5.74, 6) is 0. The van der Waals surface area contributed by atoms with E-state index in [-0.39, 0.29) is 0 Å². The first kappa shape index (κ1) is 10.8. The largest absolute Gasteiger partial charge is 0.444 e. The second-order valence-electron chi connectivity index (χ2n) is 3.83. The lowest BCUT2D eigenvalue weighted by atomic mass is 10.2. The summed E-state index contributed by atoms with van der Waals surface area (Å²) in [6.07, 6.45) is -0.459. The molecule has 1 amide bonds. The maximum absolute atomic E-state index is 11.3. The monoisotopic (exact) mass is 214 g/mol. The smallest absolute Gasteiger partial charge is 0.412 e. The summed E-state index contributed by atoms with van der Waals surface area (Å²) in [5, 5.41) is 3.95. The number of nitrogens with two attached hydrogens (primary N) is 1. The minimum atomic E-state index is -0.479. The molecule has 78 valence electrons. The Labute approximate surface area is 87.1 Å². The van der Waals surface area contributed by atoms with Crippen molar-refractivity contribution in [3.05, 3.63) is 12.1 Å². The second-order valence-corrected chi connectivity index (χ2v) is 4.94. The molecule has 1 heterocycles. The predicted molar refractivity (Wildman–Crippen MR) is 58.6 cm³/mol. The predicted octanol–water partition coefficient (Wildman–Crippen LogP) is 2.68. The first-order valence-corrected chi connectivity index (χ1v) is 5.04. The molecule has 3 N–H and O–H groups in total. The number of ether oxygens (including phenoxy) is 1. The topological polar surface area (TPSA) is 64.3 Å². The third-order valence-electron chi connectivity index (χ3n) is 1.25. The lowest BCUT2D eigenvalue weighted by molar-refractivity contribution is 0.0636. The van der Waals surface area contributed by atoms with Crippen LogP contribution in [-0.4, -0.2) is 11.7 Å². The van der Waals surface area contributed by atoms with Crippen LogP contribution in [0.4, 0.5) is 14.8 Å². The maximum Gasteiger partial charge on any atom is 0.412 e. The Morgan fingerprint density at radius 1 is 1.50 bits per heavy atom. The molecule has 0 bridgehead atoms. The van der Waals surface area contributed by atoms with E-state index in [9.17, 15) is 4.79 Å². The molecule has 0 saturated heterocycles. The number of anilines is 2. The molecule has 4 nitrogen and oxygen atoms in total. The van der Waals surface area contributed by atoms with Gasteiger partial charge in [0.1, 0.15) is 5.60 Å². The van der Waals surface area contributed by atoms with Crippen LogP contribution in [0.1, 0.15) is 20.8 Å². The Balaban J connectivity index is 2.50. The van der Waals surface area contributed by atoms with E-state index in [4.69, 9.17) is 10.5 Å². The van der Waals surface area contributed by atoms with E-state index in [1.54, 1.807) is 12.1 Å². The van der Waals surface area contributed by atoms with E-state index in [1.165, 1.54) is 11.3 Å². The molecule has 1 rings (SSSR count). The highest BCUT2D eigenvalue weighted by atomic mass is 32.1. The minimum absolute atomic E-state index is 0.459. The molecule has 0 fully saturated rings. The zero-order valence-corrected chi connectivity index (χ0v) is 9.27. The number of thiophene rings is 1. The Bertz CT molecular complexity index is 328. The fraction of sp³-hybridized carbons (Fsp3) is 0.444. The van der Waals surface area contributed by atoms with Crippen LogP contribution in [-0.2, 0) is 4.74 Å². The summed E-state index contributed by atoms with van der Waals surface area (Å²) in [4.78, 5) is 11.3. The van der Waals surface area contributed by atoms with E-state index >= 15 is 0 Å². The number of nitrogen functional groups attached to an aromatic ring is 1. The van der Waals surface area contributed by atoms with Crippen molar-refractivity contribution < 1.29 is 9.53 Å². The van der Waals surface area contributed by atoms with Crippen molar-refractivity contribution >= 4 is 27.4 Å². The average Bonchev–Trinajstić information content (AvgIpc) is 2.30. The quantitative estimate of drug-likeness (QED) is 0.755. The summed E-state index contributed by atoms with van der Waals surface area (Å²) in [7, 11) is 0. The molecule has 1 aromatic heterocycles. The van der Waals surface area contributed by atoms with Gasteiger partial charge in [0.15, 0.2) is 0 Å². The van der Waals surface area contributed by atoms with Gasteiger partial charge in [0.2, 0.25) is 0 Å². The van der Waals surface area contributed by atoms with Gasteiger partial charge in [0.25, 0.3) is 0 Å². The SMILES string of the molecule is CC(C)(C)OC(=O)Nc1ccc(N)s1. The molecule has 0 aliphatic heterocycles. The molecule has 0 spiro atoms. The van der Waals surface area contributed by atoms with E-state index in [0.29, 0.717) is 10.0 Å². The third kappa shape index (κ3) is 3.66. The first-order chi connectivity index (χ1) is 6.37. The van der Waals surface area contributed by atoms with Crippen LogP contribution in [0.3, 0.4) is 0 Å². The van der Waals surface area contributed by atoms with Gasteiger partial charge < -0.3 is 10.5 Å². The van der Waals surface area contributed by atoms with Crippen molar-refractivity contribution in [2.24, 2.45) is 0 Å². The molecule has 0 aliphatic rings. The average molecular weight is 214 g/mol.